The zero-order chi connectivity index (χ0) is 14.2. The number of aryl methyl sites for hydroxylation is 2. The van der Waals surface area contributed by atoms with E-state index in [9.17, 15) is 0 Å². The van der Waals surface area contributed by atoms with E-state index in [0.717, 1.165) is 0 Å². The third kappa shape index (κ3) is 6.97. The van der Waals surface area contributed by atoms with Crippen molar-refractivity contribution < 1.29 is 0 Å². The first-order valence-corrected chi connectivity index (χ1v) is 8.16. The van der Waals surface area contributed by atoms with E-state index in [-0.39, 0.29) is 0 Å². The van der Waals surface area contributed by atoms with E-state index in [4.69, 9.17) is 0 Å². The van der Waals surface area contributed by atoms with Crippen LogP contribution in [-0.4, -0.2) is 0 Å². The van der Waals surface area contributed by atoms with Gasteiger partial charge in [0.2, 0.25) is 0 Å². The summed E-state index contributed by atoms with van der Waals surface area (Å²) in [6, 6.07) is 8.57. The molecule has 0 bridgehead atoms. The average molecular weight is 283 g/mol. The molecule has 0 saturated carbocycles. The van der Waals surface area contributed by atoms with E-state index in [0.29, 0.717) is 5.41 Å². The molecule has 0 aliphatic carbocycles. The van der Waals surface area contributed by atoms with Gasteiger partial charge in [-0.15, -0.1) is 22.7 Å². The highest BCUT2D eigenvalue weighted by Gasteiger charge is 2.14. The predicted molar refractivity (Wildman–Crippen MR) is 88.2 cm³/mol. The molecular weight excluding hydrogens is 256 g/mol. The van der Waals surface area contributed by atoms with Gasteiger partial charge in [0.25, 0.3) is 0 Å². The van der Waals surface area contributed by atoms with Gasteiger partial charge in [-0.1, -0.05) is 40.7 Å². The number of rotatable bonds is 0. The van der Waals surface area contributed by atoms with Crippen LogP contribution in [0.4, 0.5) is 0 Å². The van der Waals surface area contributed by atoms with Crippen molar-refractivity contribution in [1.29, 1.82) is 0 Å². The first-order valence-electron chi connectivity index (χ1n) is 6.46. The molecule has 102 valence electrons. The average Bonchev–Trinajstić information content (AvgIpc) is 2.92. The van der Waals surface area contributed by atoms with Gasteiger partial charge in [0, 0.05) is 14.6 Å². The van der Waals surface area contributed by atoms with E-state index < -0.39 is 0 Å². The zero-order valence-corrected chi connectivity index (χ0v) is 14.3. The van der Waals surface area contributed by atoms with Crippen molar-refractivity contribution in [3.05, 3.63) is 44.3 Å². The first kappa shape index (κ1) is 17.4. The number of hydrogen-bond acceptors (Lipinski definition) is 2. The summed E-state index contributed by atoms with van der Waals surface area (Å²) in [7, 11) is 0. The Morgan fingerprint density at radius 3 is 1.67 bits per heavy atom. The maximum Gasteiger partial charge on any atom is 0.0102 e. The molecule has 18 heavy (non-hydrogen) atoms. The molecule has 0 atom stereocenters. The van der Waals surface area contributed by atoms with Crippen LogP contribution in [0, 0.1) is 13.8 Å². The maximum absolute atomic E-state index is 2.25. The highest BCUT2D eigenvalue weighted by atomic mass is 32.1. The Balaban J connectivity index is 0.000000308. The fourth-order valence-electron chi connectivity index (χ4n) is 1.20. The first-order chi connectivity index (χ1) is 8.39. The minimum Gasteiger partial charge on any atom is -0.149 e. The molecule has 0 N–H and O–H groups in total. The summed E-state index contributed by atoms with van der Waals surface area (Å²) in [6.07, 6.45) is 0. The van der Waals surface area contributed by atoms with Crippen LogP contribution in [0.15, 0.2) is 29.6 Å². The van der Waals surface area contributed by atoms with Crippen LogP contribution in [0.1, 0.15) is 49.3 Å². The van der Waals surface area contributed by atoms with Crippen LogP contribution in [-0.2, 0) is 5.41 Å². The van der Waals surface area contributed by atoms with Gasteiger partial charge in [0.15, 0.2) is 0 Å². The molecule has 2 aromatic rings. The minimum absolute atomic E-state index is 0.332. The number of thiophene rings is 2. The molecular formula is C16H26S2. The van der Waals surface area contributed by atoms with Crippen molar-refractivity contribution in [2.75, 3.05) is 0 Å². The third-order valence-electron chi connectivity index (χ3n) is 2.14. The zero-order valence-electron chi connectivity index (χ0n) is 12.7. The largest absolute Gasteiger partial charge is 0.149 e. The quantitative estimate of drug-likeness (QED) is 0.522. The molecule has 0 aliphatic rings. The second-order valence-corrected chi connectivity index (χ2v) is 7.32. The molecule has 2 heterocycles. The molecule has 2 heteroatoms. The van der Waals surface area contributed by atoms with Crippen molar-refractivity contribution >= 4 is 22.7 Å². The van der Waals surface area contributed by atoms with Crippen molar-refractivity contribution in [3.63, 3.8) is 0 Å². The smallest absolute Gasteiger partial charge is 0.0102 e. The van der Waals surface area contributed by atoms with Gasteiger partial charge in [-0.05, 0) is 42.8 Å². The summed E-state index contributed by atoms with van der Waals surface area (Å²) >= 11 is 3.67. The molecule has 0 amide bonds. The number of hydrogen-bond donors (Lipinski definition) is 0. The summed E-state index contributed by atoms with van der Waals surface area (Å²) in [5.41, 5.74) is 0.332. The van der Waals surface area contributed by atoms with Crippen molar-refractivity contribution in [1.82, 2.24) is 0 Å². The Kier molecular flexibility index (Phi) is 8.21. The van der Waals surface area contributed by atoms with Crippen LogP contribution < -0.4 is 0 Å². The molecule has 2 rings (SSSR count). The minimum atomic E-state index is 0.332. The standard InChI is InChI=1S/C9H14S.C5H6S.C2H6/c1-7-5-6-8(10-7)9(2,3)4;1-5-3-2-4-6-5;1-2/h5-6H,1-4H3;2-4H,1H3;1-2H3. The second kappa shape index (κ2) is 8.49. The Morgan fingerprint density at radius 1 is 0.889 bits per heavy atom. The highest BCUT2D eigenvalue weighted by molar-refractivity contribution is 7.12. The molecule has 0 spiro atoms. The van der Waals surface area contributed by atoms with Gasteiger partial charge in [-0.3, -0.25) is 0 Å². The Morgan fingerprint density at radius 2 is 1.50 bits per heavy atom. The van der Waals surface area contributed by atoms with Crippen LogP contribution in [0.2, 0.25) is 0 Å². The molecule has 2 aromatic heterocycles. The fourth-order valence-corrected chi connectivity index (χ4v) is 2.65. The third-order valence-corrected chi connectivity index (χ3v) is 4.37. The van der Waals surface area contributed by atoms with Crippen LogP contribution in [0.5, 0.6) is 0 Å². The van der Waals surface area contributed by atoms with Gasteiger partial charge >= 0.3 is 0 Å². The Bertz CT molecular complexity index is 402. The molecule has 0 saturated heterocycles. The molecule has 0 fully saturated rings. The summed E-state index contributed by atoms with van der Waals surface area (Å²) in [4.78, 5) is 4.27. The topological polar surface area (TPSA) is 0 Å². The summed E-state index contributed by atoms with van der Waals surface area (Å²) < 4.78 is 0. The lowest BCUT2D eigenvalue weighted by Crippen LogP contribution is -2.07. The predicted octanol–water partition coefficient (Wildman–Crippen LogP) is 6.44. The van der Waals surface area contributed by atoms with E-state index in [1.54, 1.807) is 11.3 Å². The Labute approximate surface area is 121 Å². The maximum atomic E-state index is 2.25. The van der Waals surface area contributed by atoms with Crippen LogP contribution >= 0.6 is 22.7 Å². The Hall–Kier alpha value is -0.600. The van der Waals surface area contributed by atoms with Gasteiger partial charge in [-0.25, -0.2) is 0 Å². The SMILES string of the molecule is CC.Cc1ccc(C(C)(C)C)s1.Cc1cccs1. The summed E-state index contributed by atoms with van der Waals surface area (Å²) in [6.45, 7) is 15.0. The van der Waals surface area contributed by atoms with E-state index in [2.05, 4.69) is 64.3 Å². The molecule has 0 radical (unpaired) electrons. The van der Waals surface area contributed by atoms with Gasteiger partial charge < -0.3 is 0 Å². The van der Waals surface area contributed by atoms with Crippen molar-refractivity contribution in [3.8, 4) is 0 Å². The summed E-state index contributed by atoms with van der Waals surface area (Å²) in [5.74, 6) is 0. The molecule has 0 nitrogen and oxygen atoms in total. The van der Waals surface area contributed by atoms with Gasteiger partial charge in [-0.2, -0.15) is 0 Å². The van der Waals surface area contributed by atoms with E-state index in [1.807, 2.05) is 25.2 Å². The molecule has 0 aromatic carbocycles. The molecule has 0 unspecified atom stereocenters. The van der Waals surface area contributed by atoms with Gasteiger partial charge in [0.1, 0.15) is 0 Å². The van der Waals surface area contributed by atoms with Gasteiger partial charge in [0.05, 0.1) is 0 Å². The van der Waals surface area contributed by atoms with Crippen molar-refractivity contribution in [2.24, 2.45) is 0 Å². The second-order valence-electron chi connectivity index (χ2n) is 4.88. The fraction of sp³-hybridized carbons (Fsp3) is 0.500. The normalized spacial score (nSPS) is 9.94. The lowest BCUT2D eigenvalue weighted by atomic mass is 9.95. The monoisotopic (exact) mass is 282 g/mol. The summed E-state index contributed by atoms with van der Waals surface area (Å²) in [5, 5.41) is 2.08. The van der Waals surface area contributed by atoms with Crippen LogP contribution in [0.25, 0.3) is 0 Å². The van der Waals surface area contributed by atoms with E-state index >= 15 is 0 Å². The molecule has 0 aliphatic heterocycles. The highest BCUT2D eigenvalue weighted by Crippen LogP contribution is 2.28. The lowest BCUT2D eigenvalue weighted by Gasteiger charge is -2.14. The van der Waals surface area contributed by atoms with E-state index in [1.165, 1.54) is 14.6 Å². The lowest BCUT2D eigenvalue weighted by molar-refractivity contribution is 0.604. The van der Waals surface area contributed by atoms with Crippen molar-refractivity contribution in [2.45, 2.75) is 53.9 Å². The van der Waals surface area contributed by atoms with Crippen LogP contribution in [0.3, 0.4) is 0 Å².